The third-order valence-electron chi connectivity index (χ3n) is 2.32. The summed E-state index contributed by atoms with van der Waals surface area (Å²) in [5.74, 6) is -0.400. The van der Waals surface area contributed by atoms with Gasteiger partial charge < -0.3 is 5.32 Å². The van der Waals surface area contributed by atoms with Gasteiger partial charge in [0.2, 0.25) is 5.91 Å². The zero-order chi connectivity index (χ0) is 12.8. The number of thiophene rings is 1. The van der Waals surface area contributed by atoms with Crippen LogP contribution in [0.25, 0.3) is 0 Å². The molecule has 1 aliphatic heterocycles. The number of amides is 1. The van der Waals surface area contributed by atoms with Gasteiger partial charge in [0.05, 0.1) is 0 Å². The molecule has 0 aliphatic carbocycles. The molecule has 2 rings (SSSR count). The number of carbonyl (C=O) groups is 1. The molecule has 0 unspecified atom stereocenters. The summed E-state index contributed by atoms with van der Waals surface area (Å²) in [6.07, 6.45) is 0. The van der Waals surface area contributed by atoms with Gasteiger partial charge in [-0.2, -0.15) is 0 Å². The number of hydrogen-bond acceptors (Lipinski definition) is 5. The minimum Gasteiger partial charge on any atom is -0.301 e. The summed E-state index contributed by atoms with van der Waals surface area (Å²) in [6, 6.07) is 1.60. The monoisotopic (exact) mass is 290 g/mol. The number of nitrogens with zero attached hydrogens (tertiary/aromatic N) is 1. The Bertz CT molecular complexity index is 603. The zero-order valence-corrected chi connectivity index (χ0v) is 11.6. The first-order chi connectivity index (χ1) is 7.82. The fraction of sp³-hybridized carbons (Fsp3) is 0.333. The Morgan fingerprint density at radius 1 is 1.47 bits per heavy atom. The van der Waals surface area contributed by atoms with E-state index in [2.05, 4.69) is 5.32 Å². The van der Waals surface area contributed by atoms with E-state index in [9.17, 15) is 13.2 Å². The Morgan fingerprint density at radius 2 is 2.12 bits per heavy atom. The fourth-order valence-corrected chi connectivity index (χ4v) is 4.88. The van der Waals surface area contributed by atoms with Gasteiger partial charge in [0.15, 0.2) is 5.11 Å². The van der Waals surface area contributed by atoms with Gasteiger partial charge in [-0.15, -0.1) is 11.3 Å². The number of rotatable bonds is 2. The molecule has 1 saturated heterocycles. The molecule has 1 aromatic rings. The van der Waals surface area contributed by atoms with E-state index in [1.807, 2.05) is 6.92 Å². The van der Waals surface area contributed by atoms with Crippen LogP contribution in [0.5, 0.6) is 0 Å². The lowest BCUT2D eigenvalue weighted by atomic mass is 10.4. The van der Waals surface area contributed by atoms with Crippen molar-refractivity contribution in [3.05, 3.63) is 15.8 Å². The van der Waals surface area contributed by atoms with Crippen LogP contribution in [0, 0.1) is 13.8 Å². The van der Waals surface area contributed by atoms with Gasteiger partial charge >= 0.3 is 0 Å². The Morgan fingerprint density at radius 3 is 2.53 bits per heavy atom. The average Bonchev–Trinajstić information content (AvgIpc) is 2.70. The summed E-state index contributed by atoms with van der Waals surface area (Å²) < 4.78 is 25.5. The number of aryl methyl sites for hydroxylation is 2. The Balaban J connectivity index is 2.47. The Labute approximate surface area is 108 Å². The van der Waals surface area contributed by atoms with Gasteiger partial charge in [-0.3, -0.25) is 4.79 Å². The second kappa shape index (κ2) is 4.04. The van der Waals surface area contributed by atoms with Crippen LogP contribution < -0.4 is 5.32 Å². The maximum atomic E-state index is 12.3. The maximum Gasteiger partial charge on any atom is 0.267 e. The highest BCUT2D eigenvalue weighted by molar-refractivity contribution is 7.91. The number of nitrogens with one attached hydrogen (secondary N) is 1. The molecule has 0 atom stereocenters. The molecule has 2 heterocycles. The summed E-state index contributed by atoms with van der Waals surface area (Å²) in [4.78, 5) is 13.0. The molecule has 1 N–H and O–H groups in total. The van der Waals surface area contributed by atoms with E-state index in [0.29, 0.717) is 4.88 Å². The van der Waals surface area contributed by atoms with E-state index in [1.54, 1.807) is 13.0 Å². The summed E-state index contributed by atoms with van der Waals surface area (Å²) in [5, 5.41) is 2.25. The van der Waals surface area contributed by atoms with Crippen molar-refractivity contribution in [2.24, 2.45) is 0 Å². The van der Waals surface area contributed by atoms with Crippen LogP contribution in [0.1, 0.15) is 9.75 Å². The molecule has 92 valence electrons. The quantitative estimate of drug-likeness (QED) is 0.817. The molecule has 8 heteroatoms. The van der Waals surface area contributed by atoms with Crippen LogP contribution in [0.3, 0.4) is 0 Å². The molecule has 5 nitrogen and oxygen atoms in total. The standard InChI is InChI=1S/C9H10N2O3S3/c1-5-3-7(6(2)16-5)17(13,14)11-4-8(12)10-9(11)15/h3H,4H2,1-2H3,(H,10,12,15). The maximum absolute atomic E-state index is 12.3. The van der Waals surface area contributed by atoms with Crippen LogP contribution in [-0.2, 0) is 14.8 Å². The number of carbonyl (C=O) groups excluding carboxylic acids is 1. The van der Waals surface area contributed by atoms with Crippen molar-refractivity contribution in [2.45, 2.75) is 18.7 Å². The molecule has 1 aliphatic rings. The number of hydrogen-bond donors (Lipinski definition) is 1. The molecular weight excluding hydrogens is 280 g/mol. The van der Waals surface area contributed by atoms with Crippen LogP contribution in [-0.4, -0.2) is 30.3 Å². The molecule has 1 aromatic heterocycles. The van der Waals surface area contributed by atoms with E-state index in [4.69, 9.17) is 12.2 Å². The average molecular weight is 290 g/mol. The topological polar surface area (TPSA) is 66.5 Å². The van der Waals surface area contributed by atoms with Crippen molar-refractivity contribution in [3.63, 3.8) is 0 Å². The first kappa shape index (κ1) is 12.5. The van der Waals surface area contributed by atoms with Gasteiger partial charge in [0.1, 0.15) is 11.4 Å². The molecule has 1 amide bonds. The van der Waals surface area contributed by atoms with Crippen molar-refractivity contribution < 1.29 is 13.2 Å². The van der Waals surface area contributed by atoms with Gasteiger partial charge in [-0.25, -0.2) is 12.7 Å². The van der Waals surface area contributed by atoms with E-state index in [-0.39, 0.29) is 16.6 Å². The molecule has 1 fully saturated rings. The predicted octanol–water partition coefficient (Wildman–Crippen LogP) is 0.770. The second-order valence-electron chi connectivity index (χ2n) is 3.64. The molecule has 0 radical (unpaired) electrons. The van der Waals surface area contributed by atoms with Crippen LogP contribution >= 0.6 is 23.6 Å². The van der Waals surface area contributed by atoms with Crippen molar-refractivity contribution >= 4 is 44.6 Å². The largest absolute Gasteiger partial charge is 0.301 e. The van der Waals surface area contributed by atoms with Gasteiger partial charge in [-0.05, 0) is 32.1 Å². The first-order valence-electron chi connectivity index (χ1n) is 4.76. The number of sulfonamides is 1. The summed E-state index contributed by atoms with van der Waals surface area (Å²) in [5.41, 5.74) is 0. The highest BCUT2D eigenvalue weighted by Gasteiger charge is 2.36. The molecule has 0 spiro atoms. The van der Waals surface area contributed by atoms with E-state index in [1.165, 1.54) is 11.3 Å². The van der Waals surface area contributed by atoms with E-state index >= 15 is 0 Å². The summed E-state index contributed by atoms with van der Waals surface area (Å²) in [6.45, 7) is 3.33. The van der Waals surface area contributed by atoms with Gasteiger partial charge in [0.25, 0.3) is 10.0 Å². The Kier molecular flexibility index (Phi) is 2.96. The van der Waals surface area contributed by atoms with E-state index in [0.717, 1.165) is 9.18 Å². The number of thiocarbonyl (C=S) groups is 1. The van der Waals surface area contributed by atoms with Crippen molar-refractivity contribution in [1.29, 1.82) is 0 Å². The summed E-state index contributed by atoms with van der Waals surface area (Å²) >= 11 is 6.24. The summed E-state index contributed by atoms with van der Waals surface area (Å²) in [7, 11) is -3.71. The van der Waals surface area contributed by atoms with E-state index < -0.39 is 15.9 Å². The normalized spacial score (nSPS) is 16.5. The van der Waals surface area contributed by atoms with Crippen LogP contribution in [0.2, 0.25) is 0 Å². The van der Waals surface area contributed by atoms with Crippen molar-refractivity contribution in [1.82, 2.24) is 9.62 Å². The SMILES string of the molecule is Cc1cc(S(=O)(=O)N2CC(=O)NC2=S)c(C)s1. The van der Waals surface area contributed by atoms with Crippen molar-refractivity contribution in [2.75, 3.05) is 6.54 Å². The van der Waals surface area contributed by atoms with Crippen LogP contribution in [0.15, 0.2) is 11.0 Å². The lowest BCUT2D eigenvalue weighted by molar-refractivity contribution is -0.118. The highest BCUT2D eigenvalue weighted by atomic mass is 32.2. The first-order valence-corrected chi connectivity index (χ1v) is 7.42. The van der Waals surface area contributed by atoms with Crippen molar-refractivity contribution in [3.8, 4) is 0 Å². The third kappa shape index (κ3) is 2.07. The predicted molar refractivity (Wildman–Crippen MR) is 68.4 cm³/mol. The fourth-order valence-electron chi connectivity index (χ4n) is 1.60. The lowest BCUT2D eigenvalue weighted by Crippen LogP contribution is -2.34. The molecular formula is C9H10N2O3S3. The molecule has 17 heavy (non-hydrogen) atoms. The minimum absolute atomic E-state index is 0.0572. The Hall–Kier alpha value is -0.990. The van der Waals surface area contributed by atoms with Gasteiger partial charge in [0, 0.05) is 9.75 Å². The molecule has 0 aromatic carbocycles. The molecule has 0 saturated carbocycles. The highest BCUT2D eigenvalue weighted by Crippen LogP contribution is 2.28. The van der Waals surface area contributed by atoms with Crippen LogP contribution in [0.4, 0.5) is 0 Å². The zero-order valence-electron chi connectivity index (χ0n) is 9.18. The minimum atomic E-state index is -3.71. The smallest absolute Gasteiger partial charge is 0.267 e. The third-order valence-corrected chi connectivity index (χ3v) is 5.73. The second-order valence-corrected chi connectivity index (χ2v) is 7.32. The van der Waals surface area contributed by atoms with Gasteiger partial charge in [-0.1, -0.05) is 0 Å². The molecule has 0 bridgehead atoms. The lowest BCUT2D eigenvalue weighted by Gasteiger charge is -2.15.